The minimum absolute atomic E-state index is 0.0791. The molecule has 0 aliphatic heterocycles. The predicted molar refractivity (Wildman–Crippen MR) is 256 cm³/mol. The maximum Gasteiger partial charge on any atom is 0.338 e. The first kappa shape index (κ1) is 52.5. The number of hydrogen-bond acceptors (Lipinski definition) is 6. The molecule has 1 aromatic carbocycles. The van der Waals surface area contributed by atoms with Crippen molar-refractivity contribution in [3.05, 3.63) is 51.4 Å². The second-order valence-electron chi connectivity index (χ2n) is 19.7. The third-order valence-electron chi connectivity index (χ3n) is 12.7. The van der Waals surface area contributed by atoms with Gasteiger partial charge in [-0.3, -0.25) is 10.1 Å². The molecule has 0 spiro atoms. The molecule has 11 nitrogen and oxygen atoms in total. The molecule has 350 valence electrons. The molecule has 3 unspecified atom stereocenters. The maximum absolute atomic E-state index is 13.3. The molecule has 3 rings (SSSR count). The summed E-state index contributed by atoms with van der Waals surface area (Å²) in [5.41, 5.74) is 1.70. The zero-order valence-corrected chi connectivity index (χ0v) is 40.0. The van der Waals surface area contributed by atoms with Crippen LogP contribution in [0.5, 0.6) is 0 Å². The zero-order valence-electron chi connectivity index (χ0n) is 40.0. The van der Waals surface area contributed by atoms with E-state index in [-0.39, 0.29) is 40.4 Å². The number of benzene rings is 1. The van der Waals surface area contributed by atoms with Crippen molar-refractivity contribution >= 4 is 29.7 Å². The molecular weight excluding hydrogens is 777 g/mol. The Morgan fingerprint density at radius 3 is 1.82 bits per heavy atom. The molecule has 0 radical (unpaired) electrons. The maximum atomic E-state index is 13.3. The van der Waals surface area contributed by atoms with Crippen LogP contribution in [0.3, 0.4) is 0 Å². The van der Waals surface area contributed by atoms with Crippen LogP contribution in [0.4, 0.5) is 21.2 Å². The lowest BCUT2D eigenvalue weighted by Gasteiger charge is -2.46. The van der Waals surface area contributed by atoms with Crippen LogP contribution in [-0.4, -0.2) is 47.2 Å². The van der Waals surface area contributed by atoms with Crippen LogP contribution in [0.2, 0.25) is 0 Å². The van der Waals surface area contributed by atoms with Crippen molar-refractivity contribution < 1.29 is 19.1 Å². The molecule has 0 saturated heterocycles. The number of aromatic nitrogens is 2. The largest absolute Gasteiger partial charge is 0.462 e. The number of unbranched alkanes of at least 4 members (excludes halogenated alkanes) is 16. The van der Waals surface area contributed by atoms with Crippen molar-refractivity contribution in [1.82, 2.24) is 20.6 Å². The van der Waals surface area contributed by atoms with E-state index in [2.05, 4.69) is 65.9 Å². The normalized spacial score (nSPS) is 17.6. The second-order valence-corrected chi connectivity index (χ2v) is 19.7. The molecule has 11 heteroatoms. The highest BCUT2D eigenvalue weighted by Crippen LogP contribution is 2.45. The van der Waals surface area contributed by atoms with Gasteiger partial charge in [0.1, 0.15) is 0 Å². The third-order valence-corrected chi connectivity index (χ3v) is 12.7. The number of anilines is 2. The minimum atomic E-state index is -0.446. The SMILES string of the molecule is CCCCCCCCCCCCC(CCCCCCCCCC)COC(=O)c1ccc(NC(=O)NC2CC(C)(C)CC(C)(CNC(=O)Nc3nc(=O)c(CCC)c(C)[nH]3)C2)cc1. The summed E-state index contributed by atoms with van der Waals surface area (Å²) < 4.78 is 5.92. The quantitative estimate of drug-likeness (QED) is 0.0389. The summed E-state index contributed by atoms with van der Waals surface area (Å²) in [7, 11) is 0. The smallest absolute Gasteiger partial charge is 0.338 e. The number of urea groups is 2. The van der Waals surface area contributed by atoms with Crippen molar-refractivity contribution in [2.75, 3.05) is 23.8 Å². The number of esters is 1. The lowest BCUT2D eigenvalue weighted by Crippen LogP contribution is -2.51. The van der Waals surface area contributed by atoms with Gasteiger partial charge in [0.05, 0.1) is 12.2 Å². The van der Waals surface area contributed by atoms with Gasteiger partial charge in [0, 0.05) is 29.5 Å². The number of H-pyrrole nitrogens is 1. The molecule has 2 aromatic rings. The Balaban J connectivity index is 1.46. The fraction of sp³-hybridized carbons (Fsp3) is 0.745. The summed E-state index contributed by atoms with van der Waals surface area (Å²) in [6.45, 7) is 15.7. The highest BCUT2D eigenvalue weighted by molar-refractivity contribution is 5.92. The van der Waals surface area contributed by atoms with Crippen molar-refractivity contribution in [2.45, 2.75) is 215 Å². The van der Waals surface area contributed by atoms with E-state index in [0.717, 1.165) is 32.1 Å². The Bertz CT molecular complexity index is 1660. The summed E-state index contributed by atoms with van der Waals surface area (Å²) >= 11 is 0. The van der Waals surface area contributed by atoms with E-state index < -0.39 is 6.03 Å². The summed E-state index contributed by atoms with van der Waals surface area (Å²) in [5, 5.41) is 11.7. The number of carbonyl (C=O) groups is 3. The van der Waals surface area contributed by atoms with E-state index in [1.165, 1.54) is 116 Å². The van der Waals surface area contributed by atoms with Gasteiger partial charge in [-0.25, -0.2) is 14.4 Å². The van der Waals surface area contributed by atoms with Gasteiger partial charge >= 0.3 is 18.0 Å². The van der Waals surface area contributed by atoms with E-state index in [1.807, 2.05) is 13.8 Å². The van der Waals surface area contributed by atoms with Crippen LogP contribution in [0.15, 0.2) is 29.1 Å². The fourth-order valence-electron chi connectivity index (χ4n) is 9.65. The molecular formula is C51H86N6O5. The molecule has 1 aliphatic rings. The topological polar surface area (TPSA) is 154 Å². The molecule has 1 fully saturated rings. The molecule has 5 N–H and O–H groups in total. The van der Waals surface area contributed by atoms with Gasteiger partial charge < -0.3 is 25.7 Å². The number of amides is 4. The molecule has 4 amide bonds. The lowest BCUT2D eigenvalue weighted by molar-refractivity contribution is 0.0422. The van der Waals surface area contributed by atoms with E-state index in [1.54, 1.807) is 24.3 Å². The van der Waals surface area contributed by atoms with Gasteiger partial charge in [0.15, 0.2) is 0 Å². The van der Waals surface area contributed by atoms with Gasteiger partial charge in [0.2, 0.25) is 5.95 Å². The van der Waals surface area contributed by atoms with Crippen LogP contribution in [0.25, 0.3) is 0 Å². The summed E-state index contributed by atoms with van der Waals surface area (Å²) in [5.74, 6) is 0.187. The average Bonchev–Trinajstić information content (AvgIpc) is 3.21. The zero-order chi connectivity index (χ0) is 45.2. The fourth-order valence-corrected chi connectivity index (χ4v) is 9.65. The highest BCUT2D eigenvalue weighted by Gasteiger charge is 2.42. The predicted octanol–water partition coefficient (Wildman–Crippen LogP) is 13.2. The Kier molecular flexibility index (Phi) is 24.3. The molecule has 62 heavy (non-hydrogen) atoms. The van der Waals surface area contributed by atoms with Gasteiger partial charge in [-0.2, -0.15) is 4.98 Å². The number of hydrogen-bond donors (Lipinski definition) is 5. The van der Waals surface area contributed by atoms with Crippen molar-refractivity contribution in [3.63, 3.8) is 0 Å². The van der Waals surface area contributed by atoms with Gasteiger partial charge in [-0.05, 0) is 86.5 Å². The number of nitrogens with one attached hydrogen (secondary N) is 5. The average molecular weight is 863 g/mol. The summed E-state index contributed by atoms with van der Waals surface area (Å²) in [4.78, 5) is 58.8. The van der Waals surface area contributed by atoms with Crippen LogP contribution >= 0.6 is 0 Å². The van der Waals surface area contributed by atoms with E-state index >= 15 is 0 Å². The number of aromatic amines is 1. The van der Waals surface area contributed by atoms with Gasteiger partial charge in [-0.15, -0.1) is 0 Å². The molecule has 1 aliphatic carbocycles. The first-order valence-electron chi connectivity index (χ1n) is 24.8. The minimum Gasteiger partial charge on any atom is -0.462 e. The van der Waals surface area contributed by atoms with Gasteiger partial charge in [-0.1, -0.05) is 164 Å². The molecule has 0 bridgehead atoms. The van der Waals surface area contributed by atoms with Crippen molar-refractivity contribution in [3.8, 4) is 0 Å². The summed E-state index contributed by atoms with van der Waals surface area (Å²) in [6, 6.07) is 6.05. The first-order chi connectivity index (χ1) is 29.8. The number of rotatable bonds is 30. The number of aryl methyl sites for hydroxylation is 1. The molecule has 3 atom stereocenters. The van der Waals surface area contributed by atoms with Crippen LogP contribution in [0.1, 0.15) is 217 Å². The Morgan fingerprint density at radius 1 is 0.742 bits per heavy atom. The van der Waals surface area contributed by atoms with E-state index in [4.69, 9.17) is 4.74 Å². The highest BCUT2D eigenvalue weighted by atomic mass is 16.5. The van der Waals surface area contributed by atoms with Crippen LogP contribution in [-0.2, 0) is 11.2 Å². The summed E-state index contributed by atoms with van der Waals surface area (Å²) in [6.07, 6.45) is 29.6. The first-order valence-corrected chi connectivity index (χ1v) is 24.8. The van der Waals surface area contributed by atoms with Crippen LogP contribution in [0, 0.1) is 23.7 Å². The monoisotopic (exact) mass is 863 g/mol. The molecule has 1 aromatic heterocycles. The van der Waals surface area contributed by atoms with Crippen LogP contribution < -0.4 is 26.8 Å². The van der Waals surface area contributed by atoms with Gasteiger partial charge in [0.25, 0.3) is 5.56 Å². The van der Waals surface area contributed by atoms with E-state index in [0.29, 0.717) is 54.4 Å². The lowest BCUT2D eigenvalue weighted by atomic mass is 9.62. The van der Waals surface area contributed by atoms with E-state index in [9.17, 15) is 19.2 Å². The second kappa shape index (κ2) is 28.7. The third kappa shape index (κ3) is 21.0. The Hall–Kier alpha value is -3.89. The Labute approximate surface area is 375 Å². The number of carbonyl (C=O) groups excluding carboxylic acids is 3. The van der Waals surface area contributed by atoms with Crippen molar-refractivity contribution in [1.29, 1.82) is 0 Å². The number of nitrogens with zero attached hydrogens (tertiary/aromatic N) is 1. The standard InChI is InChI=1S/C51H86N6O5/c1-8-11-13-15-17-19-20-22-24-26-29-40(28-25-23-21-18-16-14-12-9-2)36-62-46(59)41-30-32-42(33-31-41)54-49(61)55-43-34-50(5,6)37-51(7,35-43)38-52-48(60)57-47-53-39(4)44(27-10-3)45(58)56-47/h30-33,40,43H,8-29,34-38H2,1-7H3,(H2,54,55,61)(H3,52,53,56,57,58,60). The molecule has 1 heterocycles. The molecule has 1 saturated carbocycles. The van der Waals surface area contributed by atoms with Crippen molar-refractivity contribution in [2.24, 2.45) is 16.7 Å². The number of ether oxygens (including phenoxy) is 1. The Morgan fingerprint density at radius 2 is 1.29 bits per heavy atom.